The Morgan fingerprint density at radius 1 is 1.68 bits per heavy atom. The summed E-state index contributed by atoms with van der Waals surface area (Å²) in [5, 5.41) is 12.3. The van der Waals surface area contributed by atoms with Crippen molar-refractivity contribution in [2.75, 3.05) is 0 Å². The summed E-state index contributed by atoms with van der Waals surface area (Å²) in [6.07, 6.45) is 8.28. The van der Waals surface area contributed by atoms with E-state index in [1.54, 1.807) is 0 Å². The quantitative estimate of drug-likeness (QED) is 0.689. The minimum Gasteiger partial charge on any atom is -0.480 e. The molecule has 0 aromatic carbocycles. The molecule has 1 aromatic heterocycles. The molecule has 1 heterocycles. The molecule has 0 spiro atoms. The molecule has 1 aromatic rings. The summed E-state index contributed by atoms with van der Waals surface area (Å²) in [6, 6.07) is -0.349. The van der Waals surface area contributed by atoms with Crippen LogP contribution in [0.2, 0.25) is 0 Å². The van der Waals surface area contributed by atoms with Gasteiger partial charge in [-0.05, 0) is 6.42 Å². The van der Waals surface area contributed by atoms with Crippen LogP contribution in [-0.4, -0.2) is 35.3 Å². The van der Waals surface area contributed by atoms with E-state index in [9.17, 15) is 13.2 Å². The van der Waals surface area contributed by atoms with E-state index in [0.29, 0.717) is 12.8 Å². The Balaban J connectivity index is 2.85. The van der Waals surface area contributed by atoms with Gasteiger partial charge >= 0.3 is 5.97 Å². The van der Waals surface area contributed by atoms with Crippen LogP contribution in [0.5, 0.6) is 0 Å². The summed E-state index contributed by atoms with van der Waals surface area (Å²) in [4.78, 5) is 10.4. The van der Waals surface area contributed by atoms with E-state index in [1.807, 2.05) is 6.92 Å². The van der Waals surface area contributed by atoms with Crippen LogP contribution in [0.4, 0.5) is 0 Å². The maximum absolute atomic E-state index is 12.0. The van der Waals surface area contributed by atoms with Gasteiger partial charge in [-0.15, -0.1) is 12.3 Å². The summed E-state index contributed by atoms with van der Waals surface area (Å²) < 4.78 is 27.5. The molecule has 2 N–H and O–H groups in total. The summed E-state index contributed by atoms with van der Waals surface area (Å²) in [6.45, 7) is 1.43. The number of nitrogens with zero attached hydrogens (tertiary/aromatic N) is 2. The number of hydrogen-bond acceptors (Lipinski definition) is 4. The summed E-state index contributed by atoms with van der Waals surface area (Å²) in [5.74, 6) is 1.30. The summed E-state index contributed by atoms with van der Waals surface area (Å²) in [7, 11) is -3.73. The van der Waals surface area contributed by atoms with Crippen LogP contribution in [-0.2, 0) is 21.4 Å². The van der Waals surface area contributed by atoms with Crippen molar-refractivity contribution in [1.29, 1.82) is 0 Å². The van der Waals surface area contributed by atoms with Crippen LogP contribution in [0.3, 0.4) is 0 Å². The molecule has 0 aliphatic carbocycles. The van der Waals surface area contributed by atoms with Crippen LogP contribution in [0.25, 0.3) is 0 Å². The molecule has 19 heavy (non-hydrogen) atoms. The maximum Gasteiger partial charge on any atom is 0.325 e. The normalized spacial score (nSPS) is 12.8. The lowest BCUT2D eigenvalue weighted by Gasteiger charge is -2.13. The summed E-state index contributed by atoms with van der Waals surface area (Å²) in [5.41, 5.74) is 0. The third-order valence-electron chi connectivity index (χ3n) is 2.40. The standard InChI is InChI=1S/C11H15N3O4S/c1-3-5-9(4-2)13-19(17,18)10-6-12-14(7-10)8-11(15)16/h1,6-7,9,13H,4-5,8H2,2H3,(H,15,16). The van der Waals surface area contributed by atoms with Gasteiger partial charge in [0.25, 0.3) is 0 Å². The topological polar surface area (TPSA) is 101 Å². The van der Waals surface area contributed by atoms with Crippen molar-refractivity contribution in [2.45, 2.75) is 37.2 Å². The van der Waals surface area contributed by atoms with Gasteiger partial charge < -0.3 is 5.11 Å². The maximum atomic E-state index is 12.0. The van der Waals surface area contributed by atoms with Gasteiger partial charge in [-0.25, -0.2) is 13.1 Å². The van der Waals surface area contributed by atoms with Gasteiger partial charge in [0.1, 0.15) is 11.4 Å². The minimum atomic E-state index is -3.73. The van der Waals surface area contributed by atoms with Crippen LogP contribution in [0.1, 0.15) is 19.8 Å². The largest absolute Gasteiger partial charge is 0.480 e. The predicted molar refractivity (Wildman–Crippen MR) is 67.7 cm³/mol. The van der Waals surface area contributed by atoms with Crippen LogP contribution < -0.4 is 4.72 Å². The van der Waals surface area contributed by atoms with Crippen molar-refractivity contribution in [2.24, 2.45) is 0 Å². The van der Waals surface area contributed by atoms with Crippen LogP contribution in [0, 0.1) is 12.3 Å². The number of carboxylic acids is 1. The Hall–Kier alpha value is -1.85. The number of carboxylic acid groups (broad SMARTS) is 1. The van der Waals surface area contributed by atoms with Crippen LogP contribution in [0.15, 0.2) is 17.3 Å². The van der Waals surface area contributed by atoms with Gasteiger partial charge in [-0.1, -0.05) is 6.92 Å². The third-order valence-corrected chi connectivity index (χ3v) is 3.87. The van der Waals surface area contributed by atoms with E-state index in [4.69, 9.17) is 11.5 Å². The Morgan fingerprint density at radius 3 is 2.89 bits per heavy atom. The molecule has 0 saturated carbocycles. The Morgan fingerprint density at radius 2 is 2.37 bits per heavy atom. The Labute approximate surface area is 111 Å². The van der Waals surface area contributed by atoms with Crippen molar-refractivity contribution in [1.82, 2.24) is 14.5 Å². The zero-order chi connectivity index (χ0) is 14.5. The van der Waals surface area contributed by atoms with Gasteiger partial charge in [0.05, 0.1) is 6.20 Å². The average molecular weight is 285 g/mol. The lowest BCUT2D eigenvalue weighted by atomic mass is 10.2. The Bertz CT molecular complexity index is 585. The van der Waals surface area contributed by atoms with Gasteiger partial charge in [0, 0.05) is 18.7 Å². The van der Waals surface area contributed by atoms with Gasteiger partial charge in [0.2, 0.25) is 10.0 Å². The lowest BCUT2D eigenvalue weighted by molar-refractivity contribution is -0.137. The van der Waals surface area contributed by atoms with Gasteiger partial charge in [0.15, 0.2) is 0 Å². The molecule has 1 rings (SSSR count). The second-order valence-electron chi connectivity index (χ2n) is 3.90. The second kappa shape index (κ2) is 6.36. The van der Waals surface area contributed by atoms with Crippen molar-refractivity contribution in [3.63, 3.8) is 0 Å². The summed E-state index contributed by atoms with van der Waals surface area (Å²) >= 11 is 0. The number of terminal acetylenes is 1. The fourth-order valence-electron chi connectivity index (χ4n) is 1.41. The first-order valence-corrected chi connectivity index (χ1v) is 7.07. The molecule has 8 heteroatoms. The van der Waals surface area contributed by atoms with E-state index in [2.05, 4.69) is 15.7 Å². The third kappa shape index (κ3) is 4.39. The average Bonchev–Trinajstić information content (AvgIpc) is 2.76. The van der Waals surface area contributed by atoms with E-state index >= 15 is 0 Å². The number of nitrogens with one attached hydrogen (secondary N) is 1. The molecule has 7 nitrogen and oxygen atoms in total. The predicted octanol–water partition coefficient (Wildman–Crippen LogP) is 0.0479. The monoisotopic (exact) mass is 285 g/mol. The minimum absolute atomic E-state index is 0.0794. The van der Waals surface area contributed by atoms with E-state index in [1.165, 1.54) is 6.20 Å². The number of carbonyl (C=O) groups is 1. The first-order chi connectivity index (χ1) is 8.89. The smallest absolute Gasteiger partial charge is 0.325 e. The fraction of sp³-hybridized carbons (Fsp3) is 0.455. The molecule has 0 fully saturated rings. The number of hydrogen-bond donors (Lipinski definition) is 2. The molecule has 0 bridgehead atoms. The van der Waals surface area contributed by atoms with Crippen molar-refractivity contribution < 1.29 is 18.3 Å². The molecule has 1 atom stereocenters. The van der Waals surface area contributed by atoms with E-state index < -0.39 is 22.5 Å². The Kier molecular flexibility index (Phi) is 5.09. The second-order valence-corrected chi connectivity index (χ2v) is 5.62. The highest BCUT2D eigenvalue weighted by Gasteiger charge is 2.20. The molecular weight excluding hydrogens is 270 g/mol. The first kappa shape index (κ1) is 15.2. The molecule has 0 radical (unpaired) electrons. The van der Waals surface area contributed by atoms with Crippen molar-refractivity contribution in [3.8, 4) is 12.3 Å². The molecule has 0 amide bonds. The highest BCUT2D eigenvalue weighted by atomic mass is 32.2. The number of aliphatic carboxylic acids is 1. The van der Waals surface area contributed by atoms with E-state index in [0.717, 1.165) is 10.9 Å². The lowest BCUT2D eigenvalue weighted by Crippen LogP contribution is -2.33. The number of aromatic nitrogens is 2. The molecule has 0 aliphatic rings. The van der Waals surface area contributed by atoms with Crippen molar-refractivity contribution in [3.05, 3.63) is 12.4 Å². The first-order valence-electron chi connectivity index (χ1n) is 5.59. The van der Waals surface area contributed by atoms with Crippen LogP contribution >= 0.6 is 0 Å². The molecule has 0 aliphatic heterocycles. The molecule has 0 saturated heterocycles. The molecule has 104 valence electrons. The van der Waals surface area contributed by atoms with Gasteiger partial charge in [-0.3, -0.25) is 9.48 Å². The molecule has 1 unspecified atom stereocenters. The molecular formula is C11H15N3O4S. The highest BCUT2D eigenvalue weighted by molar-refractivity contribution is 7.89. The number of sulfonamides is 1. The van der Waals surface area contributed by atoms with Crippen molar-refractivity contribution >= 4 is 16.0 Å². The fourth-order valence-corrected chi connectivity index (χ4v) is 2.68. The highest BCUT2D eigenvalue weighted by Crippen LogP contribution is 2.09. The van der Waals surface area contributed by atoms with Gasteiger partial charge in [-0.2, -0.15) is 5.10 Å². The SMILES string of the molecule is C#CCC(CC)NS(=O)(=O)c1cnn(CC(=O)O)c1. The zero-order valence-corrected chi connectivity index (χ0v) is 11.2. The zero-order valence-electron chi connectivity index (χ0n) is 10.4. The number of rotatable bonds is 7. The van der Waals surface area contributed by atoms with E-state index in [-0.39, 0.29) is 10.9 Å².